The number of anilines is 1. The molecule has 1 amide bonds. The van der Waals surface area contributed by atoms with E-state index in [1.54, 1.807) is 30.3 Å². The van der Waals surface area contributed by atoms with E-state index in [0.717, 1.165) is 5.56 Å². The lowest BCUT2D eigenvalue weighted by atomic mass is 10.0. The summed E-state index contributed by atoms with van der Waals surface area (Å²) in [5.41, 5.74) is 1.99. The maximum absolute atomic E-state index is 13.0. The lowest BCUT2D eigenvalue weighted by Crippen LogP contribution is -2.42. The number of hydrogen-bond acceptors (Lipinski definition) is 4. The van der Waals surface area contributed by atoms with Gasteiger partial charge >= 0.3 is 0 Å². The van der Waals surface area contributed by atoms with Crippen LogP contribution in [-0.4, -0.2) is 40.6 Å². The molecule has 138 valence electrons. The maximum Gasteiger partial charge on any atom is 0.265 e. The van der Waals surface area contributed by atoms with Gasteiger partial charge in [-0.1, -0.05) is 36.4 Å². The Labute approximate surface area is 153 Å². The van der Waals surface area contributed by atoms with Gasteiger partial charge in [-0.05, 0) is 25.5 Å². The summed E-state index contributed by atoms with van der Waals surface area (Å²) in [5.74, 6) is -0.334. The van der Waals surface area contributed by atoms with Crippen LogP contribution in [0.1, 0.15) is 13.3 Å². The summed E-state index contributed by atoms with van der Waals surface area (Å²) < 4.78 is 32.5. The molecule has 1 N–H and O–H groups in total. The second-order valence-corrected chi connectivity index (χ2v) is 7.76. The van der Waals surface area contributed by atoms with Gasteiger partial charge in [0.2, 0.25) is 5.91 Å². The van der Waals surface area contributed by atoms with Gasteiger partial charge < -0.3 is 10.1 Å². The number of hydrogen-bond donors (Lipinski definition) is 1. The van der Waals surface area contributed by atoms with Gasteiger partial charge in [0.05, 0.1) is 10.6 Å². The molecule has 1 heterocycles. The van der Waals surface area contributed by atoms with Crippen molar-refractivity contribution in [2.45, 2.75) is 18.2 Å². The monoisotopic (exact) mass is 374 g/mol. The number of para-hydroxylation sites is 1. The average molecular weight is 374 g/mol. The van der Waals surface area contributed by atoms with E-state index < -0.39 is 10.0 Å². The van der Waals surface area contributed by atoms with Crippen molar-refractivity contribution >= 4 is 21.6 Å². The Morgan fingerprint density at radius 3 is 2.54 bits per heavy atom. The number of nitrogens with one attached hydrogen (secondary N) is 1. The zero-order valence-corrected chi connectivity index (χ0v) is 15.5. The molecule has 0 aliphatic carbocycles. The quantitative estimate of drug-likeness (QED) is 0.755. The summed E-state index contributed by atoms with van der Waals surface area (Å²) in [7, 11) is -3.78. The van der Waals surface area contributed by atoms with Crippen LogP contribution in [0.3, 0.4) is 0 Å². The Balaban J connectivity index is 1.82. The number of carbonyl (C=O) groups excluding carboxylic acids is 1. The van der Waals surface area contributed by atoms with Crippen molar-refractivity contribution in [2.75, 3.05) is 30.6 Å². The van der Waals surface area contributed by atoms with Gasteiger partial charge in [-0.15, -0.1) is 0 Å². The molecule has 2 aromatic carbocycles. The summed E-state index contributed by atoms with van der Waals surface area (Å²) in [6.45, 7) is 3.31. The third kappa shape index (κ3) is 3.59. The lowest BCUT2D eigenvalue weighted by molar-refractivity contribution is -0.119. The Kier molecular flexibility index (Phi) is 5.58. The molecule has 3 rings (SSSR count). The van der Waals surface area contributed by atoms with Crippen molar-refractivity contribution in [1.29, 1.82) is 0 Å². The smallest absolute Gasteiger partial charge is 0.265 e. The summed E-state index contributed by atoms with van der Waals surface area (Å²) in [6, 6.07) is 14.1. The first-order valence-corrected chi connectivity index (χ1v) is 10.1. The molecular weight excluding hydrogens is 352 g/mol. The van der Waals surface area contributed by atoms with Crippen LogP contribution in [0.25, 0.3) is 11.1 Å². The molecule has 26 heavy (non-hydrogen) atoms. The number of benzene rings is 2. The highest BCUT2D eigenvalue weighted by atomic mass is 32.2. The number of sulfonamides is 1. The fourth-order valence-electron chi connectivity index (χ4n) is 2.98. The second kappa shape index (κ2) is 7.88. The van der Waals surface area contributed by atoms with E-state index in [0.29, 0.717) is 37.4 Å². The van der Waals surface area contributed by atoms with E-state index in [1.165, 1.54) is 4.31 Å². The first-order chi connectivity index (χ1) is 12.6. The number of rotatable bonds is 7. The molecule has 0 atom stereocenters. The Morgan fingerprint density at radius 1 is 1.08 bits per heavy atom. The third-order valence-electron chi connectivity index (χ3n) is 4.20. The molecule has 0 bridgehead atoms. The molecule has 0 saturated carbocycles. The molecule has 0 radical (unpaired) electrons. The van der Waals surface area contributed by atoms with Gasteiger partial charge in [0.15, 0.2) is 0 Å². The van der Waals surface area contributed by atoms with E-state index >= 15 is 0 Å². The van der Waals surface area contributed by atoms with Crippen molar-refractivity contribution in [1.82, 2.24) is 5.32 Å². The summed E-state index contributed by atoms with van der Waals surface area (Å²) in [4.78, 5) is 12.5. The van der Waals surface area contributed by atoms with Crippen LogP contribution in [0.15, 0.2) is 53.4 Å². The first kappa shape index (κ1) is 18.4. The number of ether oxygens (including phenoxy) is 1. The minimum absolute atomic E-state index is 0.225. The van der Waals surface area contributed by atoms with Crippen molar-refractivity contribution < 1.29 is 17.9 Å². The second-order valence-electron chi connectivity index (χ2n) is 5.93. The van der Waals surface area contributed by atoms with Crippen molar-refractivity contribution in [3.8, 4) is 11.1 Å². The predicted octanol–water partition coefficient (Wildman–Crippen LogP) is 2.41. The topological polar surface area (TPSA) is 75.7 Å². The van der Waals surface area contributed by atoms with Gasteiger partial charge in [0, 0.05) is 30.9 Å². The Bertz CT molecular complexity index is 896. The zero-order valence-electron chi connectivity index (χ0n) is 14.6. The van der Waals surface area contributed by atoms with Crippen molar-refractivity contribution in [3.63, 3.8) is 0 Å². The lowest BCUT2D eigenvalue weighted by Gasteiger charge is -2.31. The van der Waals surface area contributed by atoms with Crippen molar-refractivity contribution in [2.24, 2.45) is 0 Å². The van der Waals surface area contributed by atoms with Gasteiger partial charge in [0.25, 0.3) is 10.0 Å². The third-order valence-corrected chi connectivity index (χ3v) is 6.01. The molecule has 0 saturated heterocycles. The Hall–Kier alpha value is -2.38. The van der Waals surface area contributed by atoms with Crippen LogP contribution in [0.4, 0.5) is 5.69 Å². The van der Waals surface area contributed by atoms with E-state index in [1.807, 2.05) is 25.1 Å². The van der Waals surface area contributed by atoms with Crippen LogP contribution < -0.4 is 9.62 Å². The largest absolute Gasteiger partial charge is 0.382 e. The standard InChI is InChI=1S/C19H22N2O4S/c1-2-25-13-7-12-20-19(22)14-21-17-10-5-3-8-15(17)16-9-4-6-11-18(16)26(21,23)24/h3-6,8-11H,2,7,12-14H2,1H3,(H,20,22). The molecule has 7 heteroatoms. The highest BCUT2D eigenvalue weighted by Crippen LogP contribution is 2.42. The van der Waals surface area contributed by atoms with Crippen LogP contribution >= 0.6 is 0 Å². The molecule has 1 aliphatic heterocycles. The average Bonchev–Trinajstić information content (AvgIpc) is 2.65. The number of amides is 1. The van der Waals surface area contributed by atoms with E-state index in [2.05, 4.69) is 5.32 Å². The summed E-state index contributed by atoms with van der Waals surface area (Å²) in [6.07, 6.45) is 0.686. The van der Waals surface area contributed by atoms with Gasteiger partial charge in [0.1, 0.15) is 6.54 Å². The van der Waals surface area contributed by atoms with Crippen LogP contribution in [0.5, 0.6) is 0 Å². The number of nitrogens with zero attached hydrogens (tertiary/aromatic N) is 1. The van der Waals surface area contributed by atoms with Crippen molar-refractivity contribution in [3.05, 3.63) is 48.5 Å². The molecule has 6 nitrogen and oxygen atoms in total. The highest BCUT2D eigenvalue weighted by molar-refractivity contribution is 7.93. The fraction of sp³-hybridized carbons (Fsp3) is 0.316. The number of fused-ring (bicyclic) bond motifs is 3. The summed E-state index contributed by atoms with van der Waals surface area (Å²) in [5, 5.41) is 2.76. The highest BCUT2D eigenvalue weighted by Gasteiger charge is 2.35. The van der Waals surface area contributed by atoms with Gasteiger partial charge in [-0.3, -0.25) is 9.10 Å². The minimum Gasteiger partial charge on any atom is -0.382 e. The van der Waals surface area contributed by atoms with Gasteiger partial charge in [-0.25, -0.2) is 8.42 Å². The molecule has 0 unspecified atom stereocenters. The van der Waals surface area contributed by atoms with Crippen LogP contribution in [-0.2, 0) is 19.6 Å². The zero-order chi connectivity index (χ0) is 18.6. The molecular formula is C19H22N2O4S. The molecule has 0 fully saturated rings. The number of carbonyl (C=O) groups is 1. The minimum atomic E-state index is -3.78. The van der Waals surface area contributed by atoms with E-state index in [4.69, 9.17) is 4.74 Å². The van der Waals surface area contributed by atoms with Crippen LogP contribution in [0.2, 0.25) is 0 Å². The van der Waals surface area contributed by atoms with E-state index in [9.17, 15) is 13.2 Å². The fourth-order valence-corrected chi connectivity index (χ4v) is 4.63. The molecule has 0 aromatic heterocycles. The molecule has 0 spiro atoms. The van der Waals surface area contributed by atoms with Gasteiger partial charge in [-0.2, -0.15) is 0 Å². The first-order valence-electron chi connectivity index (χ1n) is 8.61. The molecule has 1 aliphatic rings. The van der Waals surface area contributed by atoms with Crippen LogP contribution in [0, 0.1) is 0 Å². The summed E-state index contributed by atoms with van der Waals surface area (Å²) >= 11 is 0. The normalized spacial score (nSPS) is 14.4. The molecule has 2 aromatic rings. The maximum atomic E-state index is 13.0. The Morgan fingerprint density at radius 2 is 1.77 bits per heavy atom. The van der Waals surface area contributed by atoms with E-state index in [-0.39, 0.29) is 17.3 Å². The predicted molar refractivity (Wildman–Crippen MR) is 101 cm³/mol. The SMILES string of the molecule is CCOCCCNC(=O)CN1c2ccccc2-c2ccccc2S1(=O)=O.